The molecule has 0 amide bonds. The molecule has 44 heavy (non-hydrogen) atoms. The highest BCUT2D eigenvalue weighted by Crippen LogP contribution is 2.28. The second-order valence-electron chi connectivity index (χ2n) is 10.8. The summed E-state index contributed by atoms with van der Waals surface area (Å²) in [7, 11) is 0. The van der Waals surface area contributed by atoms with Crippen LogP contribution in [0.25, 0.3) is 22.3 Å². The molecule has 20 nitrogen and oxygen atoms in total. The van der Waals surface area contributed by atoms with E-state index in [9.17, 15) is 40.2 Å². The lowest BCUT2D eigenvalue weighted by molar-refractivity contribution is -0.746. The monoisotopic (exact) mass is 622 g/mol. The number of aliphatic hydroxyl groups is 6. The van der Waals surface area contributed by atoms with Gasteiger partial charge >= 0.3 is 11.3 Å². The molecule has 2 fully saturated rings. The summed E-state index contributed by atoms with van der Waals surface area (Å²) in [6, 6.07) is 0. The molecular formula is C24H34N10O10+2. The molecule has 2 aliphatic heterocycles. The molecule has 0 bridgehead atoms. The van der Waals surface area contributed by atoms with Crippen molar-refractivity contribution in [1.29, 1.82) is 0 Å². The number of H-pyrrole nitrogens is 2. The molecule has 0 aliphatic carbocycles. The van der Waals surface area contributed by atoms with Crippen LogP contribution in [0.2, 0.25) is 0 Å². The fourth-order valence-corrected chi connectivity index (χ4v) is 5.84. The number of unbranched alkanes of at least 4 members (excludes halogenated alkanes) is 1. The first-order valence-electron chi connectivity index (χ1n) is 13.9. The van der Waals surface area contributed by atoms with E-state index in [1.54, 1.807) is 9.13 Å². The number of hydrogen-bond acceptors (Lipinski definition) is 14. The number of aromatic amines is 2. The van der Waals surface area contributed by atoms with Gasteiger partial charge in [0.15, 0.2) is 12.7 Å². The number of hydrogen-bond donors (Lipinski definition) is 10. The maximum absolute atomic E-state index is 12.9. The normalized spacial score (nSPS) is 29.0. The van der Waals surface area contributed by atoms with Gasteiger partial charge in [-0.1, -0.05) is 9.97 Å². The Labute approximate surface area is 246 Å². The van der Waals surface area contributed by atoms with E-state index >= 15 is 0 Å². The fraction of sp³-hybridized carbons (Fsp3) is 0.583. The number of rotatable bonds is 9. The van der Waals surface area contributed by atoms with Crippen molar-refractivity contribution in [1.82, 2.24) is 29.1 Å². The summed E-state index contributed by atoms with van der Waals surface area (Å²) < 4.78 is 17.2. The molecule has 12 N–H and O–H groups in total. The molecule has 20 heteroatoms. The summed E-state index contributed by atoms with van der Waals surface area (Å²) in [6.45, 7) is -0.500. The molecule has 4 aromatic heterocycles. The predicted octanol–water partition coefficient (Wildman–Crippen LogP) is -5.79. The van der Waals surface area contributed by atoms with Crippen molar-refractivity contribution < 1.29 is 49.2 Å². The number of nitrogens with one attached hydrogen (secondary N) is 2. The first-order valence-corrected chi connectivity index (χ1v) is 13.9. The van der Waals surface area contributed by atoms with Gasteiger partial charge in [-0.15, -0.1) is 0 Å². The van der Waals surface area contributed by atoms with Crippen LogP contribution in [-0.4, -0.2) is 110 Å². The van der Waals surface area contributed by atoms with Gasteiger partial charge in [-0.2, -0.15) is 0 Å². The molecule has 4 aromatic rings. The summed E-state index contributed by atoms with van der Waals surface area (Å²) in [5, 5.41) is 60.6. The van der Waals surface area contributed by atoms with Crippen molar-refractivity contribution in [3.63, 3.8) is 0 Å². The SMILES string of the molecule is Nc1nc2c(c(=O)[nH]1)n(CCCCn1c[n+]([C@@H]3O[C@H](CO)[C@@H](O)[C@H]3O)c3nc(N)[nH]c(=O)c31)c[n+]2[C@@H]1O[C@H](CO)[C@@H](O)[C@H]1O. The number of nitrogen functional groups attached to an aromatic ring is 2. The molecule has 0 radical (unpaired) electrons. The molecule has 0 spiro atoms. The van der Waals surface area contributed by atoms with Gasteiger partial charge in [0.1, 0.15) is 36.6 Å². The number of aliphatic hydroxyl groups excluding tert-OH is 6. The fourth-order valence-electron chi connectivity index (χ4n) is 5.84. The van der Waals surface area contributed by atoms with Crippen molar-refractivity contribution in [2.75, 3.05) is 24.7 Å². The molecule has 0 aromatic carbocycles. The number of imidazole rings is 2. The van der Waals surface area contributed by atoms with Crippen LogP contribution in [0, 0.1) is 0 Å². The van der Waals surface area contributed by atoms with E-state index in [1.807, 2.05) is 0 Å². The molecule has 2 saturated heterocycles. The van der Waals surface area contributed by atoms with Gasteiger partial charge in [0.05, 0.1) is 26.3 Å². The van der Waals surface area contributed by atoms with E-state index in [0.717, 1.165) is 0 Å². The number of fused-ring (bicyclic) bond motifs is 2. The first kappa shape index (κ1) is 30.0. The van der Waals surface area contributed by atoms with Crippen LogP contribution >= 0.6 is 0 Å². The van der Waals surface area contributed by atoms with Crippen LogP contribution in [0.4, 0.5) is 11.9 Å². The van der Waals surface area contributed by atoms with Gasteiger partial charge in [-0.25, -0.2) is 9.13 Å². The van der Waals surface area contributed by atoms with E-state index in [0.29, 0.717) is 12.8 Å². The summed E-state index contributed by atoms with van der Waals surface area (Å²) in [6.07, 6.45) is -5.98. The quantitative estimate of drug-likeness (QED) is 0.0614. The number of aryl methyl sites for hydroxylation is 2. The van der Waals surface area contributed by atoms with Crippen LogP contribution in [0.1, 0.15) is 25.3 Å². The van der Waals surface area contributed by atoms with E-state index in [1.165, 1.54) is 21.8 Å². The van der Waals surface area contributed by atoms with E-state index in [4.69, 9.17) is 20.9 Å². The van der Waals surface area contributed by atoms with Gasteiger partial charge in [0.2, 0.25) is 23.5 Å². The lowest BCUT2D eigenvalue weighted by Gasteiger charge is -2.12. The third kappa shape index (κ3) is 4.90. The smallest absolute Gasteiger partial charge is 0.313 e. The molecule has 0 saturated carbocycles. The molecular weight excluding hydrogens is 588 g/mol. The Kier molecular flexibility index (Phi) is 7.83. The third-order valence-electron chi connectivity index (χ3n) is 8.01. The van der Waals surface area contributed by atoms with Crippen LogP contribution in [0.5, 0.6) is 0 Å². The largest absolute Gasteiger partial charge is 0.394 e. The van der Waals surface area contributed by atoms with Crippen LogP contribution < -0.4 is 31.7 Å². The standard InChI is InChI=1S/C24H32N10O10/c25-23-27-17-11(19(41)29-23)31(7-33(17)21-15(39)13(37)9(5-35)43-21)3-1-2-4-32-8-34(18-12(32)20(42)30-24(26)28-18)22-16(40)14(38)10(6-36)44-22/h7-10,13-16,21-22,35-40H,1-6H2,(H4-2,25,26,27,28,29,30,41,42)/p+2/t9-,10-,13-,14-,15-,16-,21-,22-/m1/s1. The molecule has 6 rings (SSSR count). The number of nitrogens with zero attached hydrogens (tertiary/aromatic N) is 6. The van der Waals surface area contributed by atoms with Crippen molar-refractivity contribution in [3.8, 4) is 0 Å². The Hall–Kier alpha value is -4.02. The van der Waals surface area contributed by atoms with Gasteiger partial charge in [0.25, 0.3) is 23.0 Å². The zero-order chi connectivity index (χ0) is 31.4. The number of nitrogens with two attached hydrogens (primary N) is 2. The average molecular weight is 623 g/mol. The highest BCUT2D eigenvalue weighted by Gasteiger charge is 2.48. The Morgan fingerprint density at radius 3 is 1.45 bits per heavy atom. The van der Waals surface area contributed by atoms with E-state index in [-0.39, 0.29) is 47.3 Å². The Balaban J connectivity index is 1.26. The summed E-state index contributed by atoms with van der Waals surface area (Å²) in [5.41, 5.74) is 11.0. The van der Waals surface area contributed by atoms with Crippen molar-refractivity contribution in [2.45, 2.75) is 75.0 Å². The zero-order valence-electron chi connectivity index (χ0n) is 23.2. The summed E-state index contributed by atoms with van der Waals surface area (Å²) >= 11 is 0. The van der Waals surface area contributed by atoms with Gasteiger partial charge < -0.3 is 51.6 Å². The minimum atomic E-state index is -1.41. The molecule has 0 unspecified atom stereocenters. The molecule has 6 heterocycles. The zero-order valence-corrected chi connectivity index (χ0v) is 23.2. The number of ether oxygens (including phenoxy) is 2. The van der Waals surface area contributed by atoms with E-state index < -0.39 is 73.4 Å². The molecule has 238 valence electrons. The Morgan fingerprint density at radius 1 is 0.727 bits per heavy atom. The lowest BCUT2D eigenvalue weighted by atomic mass is 10.1. The average Bonchev–Trinajstić information content (AvgIpc) is 3.69. The van der Waals surface area contributed by atoms with Crippen molar-refractivity contribution >= 4 is 34.2 Å². The highest BCUT2D eigenvalue weighted by molar-refractivity contribution is 5.68. The molecule has 2 aliphatic rings. The van der Waals surface area contributed by atoms with E-state index in [2.05, 4.69) is 19.9 Å². The van der Waals surface area contributed by atoms with Crippen molar-refractivity contribution in [3.05, 3.63) is 33.4 Å². The van der Waals surface area contributed by atoms with Crippen LogP contribution in [0.3, 0.4) is 0 Å². The van der Waals surface area contributed by atoms with Crippen LogP contribution in [-0.2, 0) is 22.6 Å². The number of aromatic nitrogens is 8. The van der Waals surface area contributed by atoms with Crippen molar-refractivity contribution in [2.24, 2.45) is 0 Å². The van der Waals surface area contributed by atoms with Gasteiger partial charge in [-0.3, -0.25) is 28.7 Å². The number of anilines is 2. The second kappa shape index (κ2) is 11.5. The second-order valence-corrected chi connectivity index (χ2v) is 10.8. The lowest BCUT2D eigenvalue weighted by Crippen LogP contribution is -2.46. The summed E-state index contributed by atoms with van der Waals surface area (Å²) in [5.74, 6) is -0.329. The Bertz CT molecular complexity index is 1670. The Morgan fingerprint density at radius 2 is 1.11 bits per heavy atom. The molecule has 8 atom stereocenters. The van der Waals surface area contributed by atoms with Gasteiger partial charge in [-0.05, 0) is 12.8 Å². The topological polar surface area (TPSA) is 301 Å². The van der Waals surface area contributed by atoms with Crippen LogP contribution in [0.15, 0.2) is 22.2 Å². The highest BCUT2D eigenvalue weighted by atomic mass is 16.6. The maximum Gasteiger partial charge on any atom is 0.313 e. The predicted molar refractivity (Wildman–Crippen MR) is 145 cm³/mol. The maximum atomic E-state index is 12.9. The third-order valence-corrected chi connectivity index (χ3v) is 8.01. The minimum absolute atomic E-state index is 0.104. The van der Waals surface area contributed by atoms with Gasteiger partial charge in [0, 0.05) is 0 Å². The summed E-state index contributed by atoms with van der Waals surface area (Å²) in [4.78, 5) is 39.0. The first-order chi connectivity index (χ1) is 21.0. The minimum Gasteiger partial charge on any atom is -0.394 e.